The summed E-state index contributed by atoms with van der Waals surface area (Å²) < 4.78 is 1.98. The first-order valence-corrected chi connectivity index (χ1v) is 8.11. The van der Waals surface area contributed by atoms with Crippen LogP contribution in [0.4, 0.5) is 0 Å². The Labute approximate surface area is 115 Å². The van der Waals surface area contributed by atoms with Crippen LogP contribution in [0, 0.1) is 6.92 Å². The van der Waals surface area contributed by atoms with Gasteiger partial charge in [0.2, 0.25) is 0 Å². The molecule has 0 aromatic carbocycles. The molecule has 1 aliphatic rings. The summed E-state index contributed by atoms with van der Waals surface area (Å²) in [7, 11) is 2.02. The van der Waals surface area contributed by atoms with Gasteiger partial charge in [-0.25, -0.2) is 0 Å². The molecule has 3 nitrogen and oxygen atoms in total. The van der Waals surface area contributed by atoms with Gasteiger partial charge in [0.1, 0.15) is 0 Å². The van der Waals surface area contributed by atoms with Crippen molar-refractivity contribution in [2.45, 2.75) is 56.5 Å². The average Bonchev–Trinajstić information content (AvgIpc) is 2.57. The maximum absolute atomic E-state index is 4.37. The molecule has 0 atom stereocenters. The number of aryl methyl sites for hydroxylation is 2. The second-order valence-electron chi connectivity index (χ2n) is 5.24. The van der Waals surface area contributed by atoms with Crippen molar-refractivity contribution in [3.63, 3.8) is 0 Å². The first-order valence-electron chi connectivity index (χ1n) is 7.12. The molecule has 0 saturated heterocycles. The summed E-state index contributed by atoms with van der Waals surface area (Å²) in [6, 6.07) is 2.93. The van der Waals surface area contributed by atoms with Gasteiger partial charge in [-0.3, -0.25) is 4.68 Å². The first kappa shape index (κ1) is 13.9. The molecule has 1 fully saturated rings. The molecular weight excluding hydrogens is 242 g/mol. The van der Waals surface area contributed by atoms with Crippen LogP contribution in [0.5, 0.6) is 0 Å². The van der Waals surface area contributed by atoms with Gasteiger partial charge in [0, 0.05) is 25.4 Å². The van der Waals surface area contributed by atoms with Crippen LogP contribution in [0.15, 0.2) is 11.1 Å². The predicted molar refractivity (Wildman–Crippen MR) is 78.2 cm³/mol. The zero-order valence-corrected chi connectivity index (χ0v) is 12.4. The molecule has 1 heterocycles. The van der Waals surface area contributed by atoms with Crippen molar-refractivity contribution >= 4 is 11.8 Å². The maximum atomic E-state index is 4.37. The van der Waals surface area contributed by atoms with Gasteiger partial charge in [0.05, 0.1) is 10.7 Å². The minimum atomic E-state index is 0.765. The standard InChI is InChI=1S/C14H25N3S/c1-12-11-14(17(2)16-12)18-10-9-15-13-7-5-3-4-6-8-13/h11,13,15H,3-10H2,1-2H3. The van der Waals surface area contributed by atoms with Gasteiger partial charge in [-0.05, 0) is 25.8 Å². The zero-order valence-electron chi connectivity index (χ0n) is 11.6. The third-order valence-electron chi connectivity index (χ3n) is 3.60. The Morgan fingerprint density at radius 3 is 2.67 bits per heavy atom. The molecule has 0 bridgehead atoms. The van der Waals surface area contributed by atoms with Crippen LogP contribution in [0.1, 0.15) is 44.2 Å². The summed E-state index contributed by atoms with van der Waals surface area (Å²) >= 11 is 1.90. The molecule has 2 rings (SSSR count). The topological polar surface area (TPSA) is 29.9 Å². The fourth-order valence-electron chi connectivity index (χ4n) is 2.62. The molecule has 0 radical (unpaired) electrons. The minimum Gasteiger partial charge on any atom is -0.313 e. The van der Waals surface area contributed by atoms with Crippen LogP contribution in [0.2, 0.25) is 0 Å². The molecule has 18 heavy (non-hydrogen) atoms. The second-order valence-corrected chi connectivity index (χ2v) is 6.35. The summed E-state index contributed by atoms with van der Waals surface area (Å²) in [4.78, 5) is 0. The van der Waals surface area contributed by atoms with E-state index in [-0.39, 0.29) is 0 Å². The zero-order chi connectivity index (χ0) is 12.8. The highest BCUT2D eigenvalue weighted by atomic mass is 32.2. The number of hydrogen-bond acceptors (Lipinski definition) is 3. The number of thioether (sulfide) groups is 1. The minimum absolute atomic E-state index is 0.765. The van der Waals surface area contributed by atoms with E-state index in [2.05, 4.69) is 16.5 Å². The average molecular weight is 267 g/mol. The van der Waals surface area contributed by atoms with Crippen LogP contribution >= 0.6 is 11.8 Å². The third-order valence-corrected chi connectivity index (χ3v) is 4.69. The quantitative estimate of drug-likeness (QED) is 0.505. The summed E-state index contributed by atoms with van der Waals surface area (Å²) in [6.45, 7) is 3.16. The highest BCUT2D eigenvalue weighted by molar-refractivity contribution is 7.99. The first-order chi connectivity index (χ1) is 8.75. The molecule has 1 aromatic rings. The molecule has 0 spiro atoms. The van der Waals surface area contributed by atoms with Crippen LogP contribution in [-0.4, -0.2) is 28.1 Å². The maximum Gasteiger partial charge on any atom is 0.0939 e. The number of nitrogens with one attached hydrogen (secondary N) is 1. The van der Waals surface area contributed by atoms with Crippen LogP contribution in [0.25, 0.3) is 0 Å². The van der Waals surface area contributed by atoms with E-state index in [9.17, 15) is 0 Å². The van der Waals surface area contributed by atoms with Gasteiger partial charge in [-0.2, -0.15) is 5.10 Å². The molecule has 1 aliphatic carbocycles. The molecule has 1 N–H and O–H groups in total. The van der Waals surface area contributed by atoms with Crippen molar-refractivity contribution < 1.29 is 0 Å². The Bertz CT molecular complexity index is 354. The second kappa shape index (κ2) is 7.19. The van der Waals surface area contributed by atoms with Gasteiger partial charge < -0.3 is 5.32 Å². The lowest BCUT2D eigenvalue weighted by Gasteiger charge is -2.15. The van der Waals surface area contributed by atoms with E-state index < -0.39 is 0 Å². The normalized spacial score (nSPS) is 17.9. The number of nitrogens with zero attached hydrogens (tertiary/aromatic N) is 2. The van der Waals surface area contributed by atoms with Crippen molar-refractivity contribution in [2.75, 3.05) is 12.3 Å². The molecule has 1 aromatic heterocycles. The lowest BCUT2D eigenvalue weighted by atomic mass is 10.1. The monoisotopic (exact) mass is 267 g/mol. The summed E-state index contributed by atoms with van der Waals surface area (Å²) in [5.74, 6) is 1.13. The third kappa shape index (κ3) is 4.32. The van der Waals surface area contributed by atoms with E-state index in [0.29, 0.717) is 0 Å². The van der Waals surface area contributed by atoms with Gasteiger partial charge in [0.25, 0.3) is 0 Å². The fraction of sp³-hybridized carbons (Fsp3) is 0.786. The SMILES string of the molecule is Cc1cc(SCCNC2CCCCCC2)n(C)n1. The largest absolute Gasteiger partial charge is 0.313 e. The Hall–Kier alpha value is -0.480. The van der Waals surface area contributed by atoms with Crippen LogP contribution < -0.4 is 5.32 Å². The smallest absolute Gasteiger partial charge is 0.0939 e. The molecule has 0 aliphatic heterocycles. The molecule has 4 heteroatoms. The fourth-order valence-corrected chi connectivity index (χ4v) is 3.53. The number of aromatic nitrogens is 2. The summed E-state index contributed by atoms with van der Waals surface area (Å²) in [6.07, 6.45) is 8.42. The Morgan fingerprint density at radius 1 is 1.33 bits per heavy atom. The van der Waals surface area contributed by atoms with Gasteiger partial charge >= 0.3 is 0 Å². The van der Waals surface area contributed by atoms with Crippen molar-refractivity contribution in [3.05, 3.63) is 11.8 Å². The molecular formula is C14H25N3S. The highest BCUT2D eigenvalue weighted by Crippen LogP contribution is 2.19. The molecule has 102 valence electrons. The van der Waals surface area contributed by atoms with Gasteiger partial charge in [-0.1, -0.05) is 25.7 Å². The summed E-state index contributed by atoms with van der Waals surface area (Å²) in [5.41, 5.74) is 1.11. The number of rotatable bonds is 5. The number of hydrogen-bond donors (Lipinski definition) is 1. The lowest BCUT2D eigenvalue weighted by molar-refractivity contribution is 0.474. The van der Waals surface area contributed by atoms with E-state index in [1.165, 1.54) is 43.6 Å². The predicted octanol–water partition coefficient (Wildman–Crippen LogP) is 3.13. The van der Waals surface area contributed by atoms with Crippen LogP contribution in [-0.2, 0) is 7.05 Å². The molecule has 1 saturated carbocycles. The van der Waals surface area contributed by atoms with Crippen LogP contribution in [0.3, 0.4) is 0 Å². The van der Waals surface area contributed by atoms with Gasteiger partial charge in [0.15, 0.2) is 0 Å². The van der Waals surface area contributed by atoms with E-state index in [1.807, 2.05) is 30.4 Å². The summed E-state index contributed by atoms with van der Waals surface area (Å²) in [5, 5.41) is 9.35. The van der Waals surface area contributed by atoms with Gasteiger partial charge in [-0.15, -0.1) is 11.8 Å². The van der Waals surface area contributed by atoms with Crippen molar-refractivity contribution in [1.29, 1.82) is 0 Å². The van der Waals surface area contributed by atoms with E-state index in [4.69, 9.17) is 0 Å². The molecule has 0 amide bonds. The van der Waals surface area contributed by atoms with E-state index in [1.54, 1.807) is 0 Å². The Balaban J connectivity index is 1.64. The lowest BCUT2D eigenvalue weighted by Crippen LogP contribution is -2.30. The van der Waals surface area contributed by atoms with Crippen molar-refractivity contribution in [1.82, 2.24) is 15.1 Å². The Morgan fingerprint density at radius 2 is 2.06 bits per heavy atom. The highest BCUT2D eigenvalue weighted by Gasteiger charge is 2.11. The Kier molecular flexibility index (Phi) is 5.57. The molecule has 0 unspecified atom stereocenters. The van der Waals surface area contributed by atoms with E-state index in [0.717, 1.165) is 24.0 Å². The van der Waals surface area contributed by atoms with E-state index >= 15 is 0 Å². The van der Waals surface area contributed by atoms with Crippen molar-refractivity contribution in [2.24, 2.45) is 7.05 Å². The van der Waals surface area contributed by atoms with Crippen molar-refractivity contribution in [3.8, 4) is 0 Å².